The lowest BCUT2D eigenvalue weighted by molar-refractivity contribution is -0.114. The number of hydrogen-bond acceptors (Lipinski definition) is 3. The summed E-state index contributed by atoms with van der Waals surface area (Å²) in [7, 11) is 0. The molecule has 0 radical (unpaired) electrons. The Bertz CT molecular complexity index is 1000. The summed E-state index contributed by atoms with van der Waals surface area (Å²) in [4.78, 5) is 28.2. The quantitative estimate of drug-likeness (QED) is 0.617. The zero-order valence-electron chi connectivity index (χ0n) is 14.9. The highest BCUT2D eigenvalue weighted by atomic mass is 79.9. The van der Waals surface area contributed by atoms with Crippen molar-refractivity contribution in [2.24, 2.45) is 0 Å². The Hall–Kier alpha value is -2.99. The molecular formula is C21H18BrN3O2. The van der Waals surface area contributed by atoms with Gasteiger partial charge in [-0.2, -0.15) is 0 Å². The van der Waals surface area contributed by atoms with Gasteiger partial charge in [0.05, 0.1) is 17.0 Å². The van der Waals surface area contributed by atoms with E-state index in [1.165, 1.54) is 6.92 Å². The van der Waals surface area contributed by atoms with Crippen LogP contribution in [0.15, 0.2) is 65.1 Å². The van der Waals surface area contributed by atoms with Crippen LogP contribution in [0.3, 0.4) is 0 Å². The molecule has 5 nitrogen and oxygen atoms in total. The van der Waals surface area contributed by atoms with E-state index in [2.05, 4.69) is 31.5 Å². The maximum absolute atomic E-state index is 12.6. The highest BCUT2D eigenvalue weighted by molar-refractivity contribution is 9.10. The first kappa shape index (κ1) is 18.8. The van der Waals surface area contributed by atoms with Gasteiger partial charge in [-0.1, -0.05) is 28.1 Å². The van der Waals surface area contributed by atoms with Crippen molar-refractivity contribution in [3.63, 3.8) is 0 Å². The van der Waals surface area contributed by atoms with Crippen molar-refractivity contribution in [1.82, 2.24) is 4.98 Å². The molecule has 2 aromatic carbocycles. The van der Waals surface area contributed by atoms with Crippen LogP contribution in [0.5, 0.6) is 0 Å². The highest BCUT2D eigenvalue weighted by Gasteiger charge is 2.12. The Morgan fingerprint density at radius 1 is 0.926 bits per heavy atom. The zero-order valence-corrected chi connectivity index (χ0v) is 16.5. The Morgan fingerprint density at radius 3 is 2.19 bits per heavy atom. The Balaban J connectivity index is 1.76. The second-order valence-corrected chi connectivity index (χ2v) is 6.97. The summed E-state index contributed by atoms with van der Waals surface area (Å²) >= 11 is 3.46. The average molecular weight is 424 g/mol. The molecule has 1 heterocycles. The van der Waals surface area contributed by atoms with Crippen LogP contribution in [0.4, 0.5) is 11.4 Å². The predicted molar refractivity (Wildman–Crippen MR) is 111 cm³/mol. The van der Waals surface area contributed by atoms with Crippen molar-refractivity contribution in [2.45, 2.75) is 13.8 Å². The SMILES string of the molecule is CC(=O)Nc1ccc(NC(=O)c2ccc(-c3cccc(Br)c3)nc2C)cc1. The lowest BCUT2D eigenvalue weighted by atomic mass is 10.1. The number of hydrogen-bond donors (Lipinski definition) is 2. The van der Waals surface area contributed by atoms with Crippen molar-refractivity contribution in [3.8, 4) is 11.3 Å². The monoisotopic (exact) mass is 423 g/mol. The molecule has 0 aliphatic rings. The molecule has 2 N–H and O–H groups in total. The molecule has 0 saturated carbocycles. The number of nitrogens with one attached hydrogen (secondary N) is 2. The number of nitrogens with zero attached hydrogens (tertiary/aromatic N) is 1. The van der Waals surface area contributed by atoms with Crippen LogP contribution < -0.4 is 10.6 Å². The van der Waals surface area contributed by atoms with E-state index in [9.17, 15) is 9.59 Å². The molecule has 2 amide bonds. The molecule has 0 atom stereocenters. The van der Waals surface area contributed by atoms with Gasteiger partial charge in [-0.15, -0.1) is 0 Å². The van der Waals surface area contributed by atoms with Gasteiger partial charge in [0.1, 0.15) is 0 Å². The first-order valence-electron chi connectivity index (χ1n) is 8.35. The number of aromatic nitrogens is 1. The van der Waals surface area contributed by atoms with Gasteiger partial charge in [0.25, 0.3) is 5.91 Å². The van der Waals surface area contributed by atoms with Crippen LogP contribution in [0.25, 0.3) is 11.3 Å². The molecule has 136 valence electrons. The molecule has 6 heteroatoms. The molecule has 0 aliphatic heterocycles. The van der Waals surface area contributed by atoms with Gasteiger partial charge in [-0.25, -0.2) is 0 Å². The maximum atomic E-state index is 12.6. The third-order valence-corrected chi connectivity index (χ3v) is 4.41. The van der Waals surface area contributed by atoms with E-state index in [-0.39, 0.29) is 11.8 Å². The van der Waals surface area contributed by atoms with Crippen molar-refractivity contribution in [2.75, 3.05) is 10.6 Å². The summed E-state index contributed by atoms with van der Waals surface area (Å²) in [5, 5.41) is 5.54. The van der Waals surface area contributed by atoms with E-state index in [4.69, 9.17) is 0 Å². The number of anilines is 2. The van der Waals surface area contributed by atoms with Crippen LogP contribution in [-0.4, -0.2) is 16.8 Å². The number of pyridine rings is 1. The second kappa shape index (κ2) is 8.14. The van der Waals surface area contributed by atoms with E-state index in [1.54, 1.807) is 30.3 Å². The molecule has 3 aromatic rings. The van der Waals surface area contributed by atoms with E-state index in [0.717, 1.165) is 15.7 Å². The van der Waals surface area contributed by atoms with Crippen molar-refractivity contribution in [1.29, 1.82) is 0 Å². The minimum absolute atomic E-state index is 0.140. The Morgan fingerprint density at radius 2 is 1.59 bits per heavy atom. The van der Waals surface area contributed by atoms with Crippen LogP contribution in [0, 0.1) is 6.92 Å². The number of halogens is 1. The molecule has 27 heavy (non-hydrogen) atoms. The van der Waals surface area contributed by atoms with E-state index < -0.39 is 0 Å². The number of carbonyl (C=O) groups excluding carboxylic acids is 2. The summed E-state index contributed by atoms with van der Waals surface area (Å²) in [6.07, 6.45) is 0. The van der Waals surface area contributed by atoms with Crippen molar-refractivity contribution >= 4 is 39.1 Å². The zero-order chi connectivity index (χ0) is 19.4. The molecule has 1 aromatic heterocycles. The fraction of sp³-hybridized carbons (Fsp3) is 0.0952. The first-order valence-corrected chi connectivity index (χ1v) is 9.14. The van der Waals surface area contributed by atoms with Gasteiger partial charge in [-0.05, 0) is 55.5 Å². The summed E-state index contributed by atoms with van der Waals surface area (Å²) in [5.74, 6) is -0.368. The minimum Gasteiger partial charge on any atom is -0.326 e. The molecular weight excluding hydrogens is 406 g/mol. The fourth-order valence-corrected chi connectivity index (χ4v) is 3.05. The minimum atomic E-state index is -0.229. The molecule has 0 bridgehead atoms. The largest absolute Gasteiger partial charge is 0.326 e. The lowest BCUT2D eigenvalue weighted by Crippen LogP contribution is -2.14. The molecule has 3 rings (SSSR count). The number of benzene rings is 2. The van der Waals surface area contributed by atoms with Gasteiger partial charge in [0.15, 0.2) is 0 Å². The predicted octanol–water partition coefficient (Wildman–Crippen LogP) is 5.03. The highest BCUT2D eigenvalue weighted by Crippen LogP contribution is 2.23. The second-order valence-electron chi connectivity index (χ2n) is 6.05. The van der Waals surface area contributed by atoms with Crippen LogP contribution >= 0.6 is 15.9 Å². The van der Waals surface area contributed by atoms with E-state index >= 15 is 0 Å². The van der Waals surface area contributed by atoms with Crippen molar-refractivity contribution in [3.05, 3.63) is 76.4 Å². The van der Waals surface area contributed by atoms with Gasteiger partial charge in [0, 0.05) is 28.3 Å². The van der Waals surface area contributed by atoms with E-state index in [0.29, 0.717) is 22.6 Å². The normalized spacial score (nSPS) is 10.3. The van der Waals surface area contributed by atoms with Crippen LogP contribution in [-0.2, 0) is 4.79 Å². The molecule has 0 saturated heterocycles. The molecule has 0 spiro atoms. The Kier molecular flexibility index (Phi) is 5.66. The summed E-state index contributed by atoms with van der Waals surface area (Å²) in [6.45, 7) is 3.26. The van der Waals surface area contributed by atoms with Gasteiger partial charge < -0.3 is 10.6 Å². The third-order valence-electron chi connectivity index (χ3n) is 3.91. The number of amides is 2. The molecule has 0 aliphatic carbocycles. The topological polar surface area (TPSA) is 71.1 Å². The number of rotatable bonds is 4. The summed E-state index contributed by atoms with van der Waals surface area (Å²) < 4.78 is 0.976. The number of carbonyl (C=O) groups is 2. The lowest BCUT2D eigenvalue weighted by Gasteiger charge is -2.10. The molecule has 0 unspecified atom stereocenters. The maximum Gasteiger partial charge on any atom is 0.257 e. The van der Waals surface area contributed by atoms with Crippen molar-refractivity contribution < 1.29 is 9.59 Å². The standard InChI is InChI=1S/C21H18BrN3O2/c1-13-19(10-11-20(23-13)15-4-3-5-16(22)12-15)21(27)25-18-8-6-17(7-9-18)24-14(2)26/h3-12H,1-2H3,(H,24,26)(H,25,27). The third kappa shape index (κ3) is 4.80. The summed E-state index contributed by atoms with van der Waals surface area (Å²) in [5.41, 5.74) is 4.28. The van der Waals surface area contributed by atoms with E-state index in [1.807, 2.05) is 37.3 Å². The first-order chi connectivity index (χ1) is 12.9. The van der Waals surface area contributed by atoms with Crippen LogP contribution in [0.2, 0.25) is 0 Å². The molecule has 0 fully saturated rings. The van der Waals surface area contributed by atoms with Gasteiger partial charge >= 0.3 is 0 Å². The fourth-order valence-electron chi connectivity index (χ4n) is 2.65. The average Bonchev–Trinajstić information content (AvgIpc) is 2.62. The van der Waals surface area contributed by atoms with Crippen LogP contribution in [0.1, 0.15) is 23.0 Å². The summed E-state index contributed by atoms with van der Waals surface area (Å²) in [6, 6.07) is 18.4. The smallest absolute Gasteiger partial charge is 0.257 e. The van der Waals surface area contributed by atoms with Gasteiger partial charge in [0.2, 0.25) is 5.91 Å². The Labute approximate surface area is 166 Å². The number of aryl methyl sites for hydroxylation is 1. The van der Waals surface area contributed by atoms with Gasteiger partial charge in [-0.3, -0.25) is 14.6 Å².